The lowest BCUT2D eigenvalue weighted by molar-refractivity contribution is -0.132. The van der Waals surface area contributed by atoms with Gasteiger partial charge in [0, 0.05) is 6.54 Å². The Balaban J connectivity index is 1.73. The molecule has 0 aliphatic rings. The number of aliphatic hydroxyl groups is 1. The summed E-state index contributed by atoms with van der Waals surface area (Å²) < 4.78 is 0. The fraction of sp³-hybridized carbons (Fsp3) is 0.211. The molecule has 3 rings (SSSR count). The van der Waals surface area contributed by atoms with Crippen LogP contribution in [-0.2, 0) is 17.8 Å². The second-order valence-corrected chi connectivity index (χ2v) is 7.20. The summed E-state index contributed by atoms with van der Waals surface area (Å²) in [6.07, 6.45) is -0.293. The lowest BCUT2D eigenvalue weighted by Gasteiger charge is -2.25. The highest BCUT2D eigenvalue weighted by molar-refractivity contribution is 7.08. The van der Waals surface area contributed by atoms with Crippen LogP contribution in [-0.4, -0.2) is 22.5 Å². The molecule has 5 heteroatoms. The molecular weight excluding hydrogens is 338 g/mol. The Kier molecular flexibility index (Phi) is 5.80. The van der Waals surface area contributed by atoms with Crippen LogP contribution < -0.4 is 0 Å². The van der Waals surface area contributed by atoms with Crippen molar-refractivity contribution >= 4 is 28.6 Å². The lowest BCUT2D eigenvalue weighted by atomic mass is 10.1. The van der Waals surface area contributed by atoms with E-state index in [0.29, 0.717) is 19.5 Å². The maximum absolute atomic E-state index is 12.7. The highest BCUT2D eigenvalue weighted by Gasteiger charge is 2.19. The molecule has 1 aromatic carbocycles. The Morgan fingerprint density at radius 3 is 2.42 bits per heavy atom. The van der Waals surface area contributed by atoms with Crippen LogP contribution in [0.2, 0.25) is 0 Å². The van der Waals surface area contributed by atoms with Gasteiger partial charge in [-0.25, -0.2) is 0 Å². The van der Waals surface area contributed by atoms with Crippen LogP contribution >= 0.6 is 22.7 Å². The topological polar surface area (TPSA) is 40.5 Å². The average Bonchev–Trinajstić information content (AvgIpc) is 3.29. The number of nitrogens with zero attached hydrogens (tertiary/aromatic N) is 1. The minimum Gasteiger partial charge on any atom is -0.387 e. The number of benzene rings is 1. The predicted molar refractivity (Wildman–Crippen MR) is 99.2 cm³/mol. The standard InChI is InChI=1S/C19H19NO2S2/c21-18(17-7-9-24-14-17)12-20(11-15-4-2-1-3-5-15)19(22)10-16-6-8-23-13-16/h1-9,13-14,18,21H,10-12H2. The van der Waals surface area contributed by atoms with Gasteiger partial charge >= 0.3 is 0 Å². The zero-order valence-electron chi connectivity index (χ0n) is 13.2. The molecule has 1 atom stereocenters. The maximum Gasteiger partial charge on any atom is 0.227 e. The summed E-state index contributed by atoms with van der Waals surface area (Å²) in [5.74, 6) is 0.0338. The second-order valence-electron chi connectivity index (χ2n) is 5.64. The predicted octanol–water partition coefficient (Wildman–Crippen LogP) is 4.11. The molecule has 3 aromatic rings. The van der Waals surface area contributed by atoms with Gasteiger partial charge in [0.15, 0.2) is 0 Å². The summed E-state index contributed by atoms with van der Waals surface area (Å²) >= 11 is 3.14. The van der Waals surface area contributed by atoms with Gasteiger partial charge in [-0.1, -0.05) is 30.3 Å². The molecule has 1 N–H and O–H groups in total. The third-order valence-corrected chi connectivity index (χ3v) is 5.26. The van der Waals surface area contributed by atoms with Crippen molar-refractivity contribution in [3.8, 4) is 0 Å². The largest absolute Gasteiger partial charge is 0.387 e. The average molecular weight is 358 g/mol. The van der Waals surface area contributed by atoms with E-state index in [1.165, 1.54) is 0 Å². The first-order valence-corrected chi connectivity index (χ1v) is 9.64. The number of thiophene rings is 2. The van der Waals surface area contributed by atoms with Crippen molar-refractivity contribution in [3.63, 3.8) is 0 Å². The molecule has 1 unspecified atom stereocenters. The van der Waals surface area contributed by atoms with Gasteiger partial charge in [-0.05, 0) is 50.3 Å². The van der Waals surface area contributed by atoms with Gasteiger partial charge in [0.05, 0.1) is 19.1 Å². The fourth-order valence-electron chi connectivity index (χ4n) is 2.52. The minimum absolute atomic E-state index is 0.0338. The molecule has 0 aliphatic carbocycles. The van der Waals surface area contributed by atoms with Crippen molar-refractivity contribution in [1.29, 1.82) is 0 Å². The number of amides is 1. The van der Waals surface area contributed by atoms with Gasteiger partial charge in [0.1, 0.15) is 0 Å². The Morgan fingerprint density at radius 1 is 1.00 bits per heavy atom. The van der Waals surface area contributed by atoms with Crippen molar-refractivity contribution in [2.24, 2.45) is 0 Å². The fourth-order valence-corrected chi connectivity index (χ4v) is 3.89. The quantitative estimate of drug-likeness (QED) is 0.691. The molecule has 24 heavy (non-hydrogen) atoms. The second kappa shape index (κ2) is 8.24. The molecule has 0 saturated heterocycles. The molecule has 124 valence electrons. The molecule has 0 spiro atoms. The number of carbonyl (C=O) groups excluding carboxylic acids is 1. The number of carbonyl (C=O) groups is 1. The molecule has 0 aliphatic heterocycles. The maximum atomic E-state index is 12.7. The number of hydrogen-bond acceptors (Lipinski definition) is 4. The Hall–Kier alpha value is -1.95. The van der Waals surface area contributed by atoms with E-state index in [2.05, 4.69) is 0 Å². The van der Waals surface area contributed by atoms with E-state index in [1.807, 2.05) is 64.0 Å². The van der Waals surface area contributed by atoms with E-state index in [1.54, 1.807) is 27.6 Å². The summed E-state index contributed by atoms with van der Waals surface area (Å²) in [5, 5.41) is 18.3. The minimum atomic E-state index is -0.661. The molecule has 3 nitrogen and oxygen atoms in total. The molecule has 0 radical (unpaired) electrons. The van der Waals surface area contributed by atoms with Crippen LogP contribution in [0.25, 0.3) is 0 Å². The van der Waals surface area contributed by atoms with Crippen molar-refractivity contribution < 1.29 is 9.90 Å². The summed E-state index contributed by atoms with van der Waals surface area (Å²) in [4.78, 5) is 14.5. The third-order valence-electron chi connectivity index (χ3n) is 3.83. The zero-order valence-corrected chi connectivity index (χ0v) is 14.8. The number of aliphatic hydroxyl groups excluding tert-OH is 1. The van der Waals surface area contributed by atoms with E-state index in [-0.39, 0.29) is 5.91 Å². The van der Waals surface area contributed by atoms with Crippen molar-refractivity contribution in [2.75, 3.05) is 6.54 Å². The van der Waals surface area contributed by atoms with Crippen LogP contribution in [0.15, 0.2) is 64.0 Å². The molecule has 2 aromatic heterocycles. The van der Waals surface area contributed by atoms with Crippen LogP contribution in [0.4, 0.5) is 0 Å². The van der Waals surface area contributed by atoms with E-state index >= 15 is 0 Å². The molecule has 0 bridgehead atoms. The first-order valence-electron chi connectivity index (χ1n) is 7.75. The molecule has 0 saturated carbocycles. The van der Waals surface area contributed by atoms with Gasteiger partial charge in [-0.15, -0.1) is 0 Å². The molecule has 0 fully saturated rings. The molecule has 2 heterocycles. The Labute approximate surface area is 149 Å². The first-order chi connectivity index (χ1) is 11.7. The summed E-state index contributed by atoms with van der Waals surface area (Å²) in [5.41, 5.74) is 2.95. The van der Waals surface area contributed by atoms with Crippen molar-refractivity contribution in [1.82, 2.24) is 4.90 Å². The SMILES string of the molecule is O=C(Cc1ccsc1)N(Cc1ccccc1)CC(O)c1ccsc1. The third kappa shape index (κ3) is 4.54. The van der Waals surface area contributed by atoms with Gasteiger partial charge in [0.25, 0.3) is 0 Å². The molecular formula is C19H19NO2S2. The number of rotatable bonds is 7. The van der Waals surface area contributed by atoms with Gasteiger partial charge in [0.2, 0.25) is 5.91 Å². The summed E-state index contributed by atoms with van der Waals surface area (Å²) in [7, 11) is 0. The van der Waals surface area contributed by atoms with E-state index in [0.717, 1.165) is 16.7 Å². The van der Waals surface area contributed by atoms with Gasteiger partial charge < -0.3 is 10.0 Å². The van der Waals surface area contributed by atoms with Crippen LogP contribution in [0, 0.1) is 0 Å². The first kappa shape index (κ1) is 16.9. The summed E-state index contributed by atoms with van der Waals surface area (Å²) in [6, 6.07) is 13.8. The monoisotopic (exact) mass is 357 g/mol. The Morgan fingerprint density at radius 2 is 1.75 bits per heavy atom. The van der Waals surface area contributed by atoms with Crippen LogP contribution in [0.5, 0.6) is 0 Å². The Bertz CT molecular complexity index is 739. The smallest absolute Gasteiger partial charge is 0.227 e. The zero-order chi connectivity index (χ0) is 16.8. The van der Waals surface area contributed by atoms with E-state index < -0.39 is 6.10 Å². The van der Waals surface area contributed by atoms with E-state index in [4.69, 9.17) is 0 Å². The van der Waals surface area contributed by atoms with Crippen LogP contribution in [0.3, 0.4) is 0 Å². The highest BCUT2D eigenvalue weighted by atomic mass is 32.1. The molecule has 1 amide bonds. The van der Waals surface area contributed by atoms with Crippen molar-refractivity contribution in [2.45, 2.75) is 19.1 Å². The highest BCUT2D eigenvalue weighted by Crippen LogP contribution is 2.19. The summed E-state index contributed by atoms with van der Waals surface area (Å²) in [6.45, 7) is 0.805. The van der Waals surface area contributed by atoms with E-state index in [9.17, 15) is 9.90 Å². The normalized spacial score (nSPS) is 12.0. The number of hydrogen-bond donors (Lipinski definition) is 1. The van der Waals surface area contributed by atoms with Crippen LogP contribution in [0.1, 0.15) is 22.8 Å². The van der Waals surface area contributed by atoms with Gasteiger partial charge in [-0.3, -0.25) is 4.79 Å². The van der Waals surface area contributed by atoms with Crippen molar-refractivity contribution in [3.05, 3.63) is 80.7 Å². The lowest BCUT2D eigenvalue weighted by Crippen LogP contribution is -2.35. The van der Waals surface area contributed by atoms with Gasteiger partial charge in [-0.2, -0.15) is 22.7 Å².